The molecule has 1 atom stereocenters. The second-order valence-electron chi connectivity index (χ2n) is 4.81. The zero-order chi connectivity index (χ0) is 14.8. The minimum Gasteiger partial charge on any atom is -0.504 e. The molecule has 110 valence electrons. The van der Waals surface area contributed by atoms with Crippen LogP contribution in [-0.4, -0.2) is 44.1 Å². The van der Waals surface area contributed by atoms with E-state index >= 15 is 0 Å². The van der Waals surface area contributed by atoms with Crippen molar-refractivity contribution in [1.82, 2.24) is 5.32 Å². The minimum absolute atomic E-state index is 0.0269. The van der Waals surface area contributed by atoms with Gasteiger partial charge in [0.2, 0.25) is 0 Å². The lowest BCUT2D eigenvalue weighted by Crippen LogP contribution is -2.43. The quantitative estimate of drug-likeness (QED) is 0.857. The summed E-state index contributed by atoms with van der Waals surface area (Å²) in [6.07, 6.45) is 1.20. The highest BCUT2D eigenvalue weighted by Gasteiger charge is 2.26. The van der Waals surface area contributed by atoms with Gasteiger partial charge in [0.05, 0.1) is 18.6 Å². The molecule has 0 saturated carbocycles. The Kier molecular flexibility index (Phi) is 4.17. The van der Waals surface area contributed by atoms with E-state index in [4.69, 9.17) is 4.74 Å². The lowest BCUT2D eigenvalue weighted by molar-refractivity contribution is 0.0938. The number of amides is 1. The number of methoxy groups -OCH3 is 1. The van der Waals surface area contributed by atoms with E-state index in [1.165, 1.54) is 25.3 Å². The first-order chi connectivity index (χ1) is 9.41. The number of carbonyl (C=O) groups excluding carboxylic acids is 1. The molecule has 0 spiro atoms. The summed E-state index contributed by atoms with van der Waals surface area (Å²) in [5.74, 6) is -0.0907. The number of carbonyl (C=O) groups is 1. The summed E-state index contributed by atoms with van der Waals surface area (Å²) < 4.78 is 27.9. The minimum atomic E-state index is -3.06. The zero-order valence-electron chi connectivity index (χ0n) is 11.1. The number of hydrogen-bond donors (Lipinski definition) is 2. The third-order valence-corrected chi connectivity index (χ3v) is 5.06. The maximum atomic E-state index is 12.0. The highest BCUT2D eigenvalue weighted by Crippen LogP contribution is 2.26. The maximum Gasteiger partial charge on any atom is 0.251 e. The molecule has 2 N–H and O–H groups in total. The molecule has 0 bridgehead atoms. The fourth-order valence-corrected chi connectivity index (χ4v) is 3.87. The van der Waals surface area contributed by atoms with Crippen molar-refractivity contribution >= 4 is 15.7 Å². The number of phenols is 1. The Morgan fingerprint density at radius 3 is 2.80 bits per heavy atom. The zero-order valence-corrected chi connectivity index (χ0v) is 11.9. The second-order valence-corrected chi connectivity index (χ2v) is 7.04. The fraction of sp³-hybridized carbons (Fsp3) is 0.462. The van der Waals surface area contributed by atoms with Crippen LogP contribution in [0.3, 0.4) is 0 Å². The average molecular weight is 299 g/mol. The monoisotopic (exact) mass is 299 g/mol. The topological polar surface area (TPSA) is 92.7 Å². The van der Waals surface area contributed by atoms with E-state index < -0.39 is 15.7 Å². The molecule has 1 heterocycles. The van der Waals surface area contributed by atoms with Gasteiger partial charge in [-0.25, -0.2) is 8.42 Å². The Morgan fingerprint density at radius 2 is 2.20 bits per heavy atom. The molecule has 6 nitrogen and oxygen atoms in total. The van der Waals surface area contributed by atoms with Crippen molar-refractivity contribution in [2.75, 3.05) is 18.6 Å². The van der Waals surface area contributed by atoms with Crippen LogP contribution in [0, 0.1) is 0 Å². The number of sulfone groups is 1. The molecule has 0 aliphatic carbocycles. The summed E-state index contributed by atoms with van der Waals surface area (Å²) in [6, 6.07) is 3.93. The SMILES string of the molecule is COc1ccc(C(=O)NC2CCCS(=O)(=O)C2)cc1O. The molecular weight excluding hydrogens is 282 g/mol. The summed E-state index contributed by atoms with van der Waals surface area (Å²) in [4.78, 5) is 12.0. The molecule has 20 heavy (non-hydrogen) atoms. The Bertz CT molecular complexity index is 611. The van der Waals surface area contributed by atoms with Crippen molar-refractivity contribution in [3.63, 3.8) is 0 Å². The molecule has 1 aliphatic rings. The van der Waals surface area contributed by atoms with Crippen LogP contribution in [-0.2, 0) is 9.84 Å². The number of ether oxygens (including phenoxy) is 1. The van der Waals surface area contributed by atoms with Crippen LogP contribution < -0.4 is 10.1 Å². The number of aromatic hydroxyl groups is 1. The summed E-state index contributed by atoms with van der Waals surface area (Å²) in [6.45, 7) is 0. The number of rotatable bonds is 3. The van der Waals surface area contributed by atoms with E-state index in [0.717, 1.165) is 0 Å². The summed E-state index contributed by atoms with van der Waals surface area (Å²) >= 11 is 0. The van der Waals surface area contributed by atoms with Gasteiger partial charge in [0.25, 0.3) is 5.91 Å². The smallest absolute Gasteiger partial charge is 0.251 e. The standard InChI is InChI=1S/C13H17NO5S/c1-19-12-5-4-9(7-11(12)15)13(16)14-10-3-2-6-20(17,18)8-10/h4-5,7,10,15H,2-3,6,8H2,1H3,(H,14,16). The van der Waals surface area contributed by atoms with E-state index in [9.17, 15) is 18.3 Å². The van der Waals surface area contributed by atoms with Gasteiger partial charge >= 0.3 is 0 Å². The lowest BCUT2D eigenvalue weighted by Gasteiger charge is -2.23. The van der Waals surface area contributed by atoms with E-state index in [1.54, 1.807) is 0 Å². The first kappa shape index (κ1) is 14.6. The van der Waals surface area contributed by atoms with E-state index in [2.05, 4.69) is 5.32 Å². The van der Waals surface area contributed by atoms with Gasteiger partial charge in [0.15, 0.2) is 21.3 Å². The van der Waals surface area contributed by atoms with Crippen molar-refractivity contribution < 1.29 is 23.1 Å². The highest BCUT2D eigenvalue weighted by molar-refractivity contribution is 7.91. The van der Waals surface area contributed by atoms with Gasteiger partial charge in [0.1, 0.15) is 0 Å². The van der Waals surface area contributed by atoms with Crippen molar-refractivity contribution in [1.29, 1.82) is 0 Å². The van der Waals surface area contributed by atoms with Gasteiger partial charge in [0, 0.05) is 11.6 Å². The summed E-state index contributed by atoms with van der Waals surface area (Å²) in [5.41, 5.74) is 0.270. The van der Waals surface area contributed by atoms with Gasteiger partial charge in [-0.15, -0.1) is 0 Å². The number of phenolic OH excluding ortho intramolecular Hbond substituents is 1. The molecule has 0 radical (unpaired) electrons. The molecule has 2 rings (SSSR count). The molecule has 1 unspecified atom stereocenters. The van der Waals surface area contributed by atoms with Gasteiger partial charge in [-0.3, -0.25) is 4.79 Å². The van der Waals surface area contributed by atoms with Crippen molar-refractivity contribution in [2.45, 2.75) is 18.9 Å². The Balaban J connectivity index is 2.06. The van der Waals surface area contributed by atoms with Gasteiger partial charge < -0.3 is 15.2 Å². The van der Waals surface area contributed by atoms with Crippen LogP contribution in [0.25, 0.3) is 0 Å². The molecule has 1 amide bonds. The molecule has 1 fully saturated rings. The van der Waals surface area contributed by atoms with Crippen LogP contribution in [0.2, 0.25) is 0 Å². The van der Waals surface area contributed by atoms with Crippen molar-refractivity contribution in [2.24, 2.45) is 0 Å². The molecule has 7 heteroatoms. The number of benzene rings is 1. The van der Waals surface area contributed by atoms with E-state index in [0.29, 0.717) is 12.8 Å². The lowest BCUT2D eigenvalue weighted by atomic mass is 10.1. The fourth-order valence-electron chi connectivity index (χ4n) is 2.24. The molecule has 1 aromatic rings. The van der Waals surface area contributed by atoms with Crippen molar-refractivity contribution in [3.8, 4) is 11.5 Å². The highest BCUT2D eigenvalue weighted by atomic mass is 32.2. The van der Waals surface area contributed by atoms with Gasteiger partial charge in [-0.2, -0.15) is 0 Å². The summed E-state index contributed by atoms with van der Waals surface area (Å²) in [7, 11) is -1.64. The van der Waals surface area contributed by atoms with Gasteiger partial charge in [-0.1, -0.05) is 0 Å². The van der Waals surface area contributed by atoms with Crippen LogP contribution >= 0.6 is 0 Å². The number of nitrogens with one attached hydrogen (secondary N) is 1. The second kappa shape index (κ2) is 5.70. The largest absolute Gasteiger partial charge is 0.504 e. The van der Waals surface area contributed by atoms with E-state index in [-0.39, 0.29) is 34.6 Å². The third kappa shape index (κ3) is 3.41. The Hall–Kier alpha value is -1.76. The predicted octanol–water partition coefficient (Wildman–Crippen LogP) is 0.708. The first-order valence-corrected chi connectivity index (χ1v) is 8.12. The Morgan fingerprint density at radius 1 is 1.45 bits per heavy atom. The Labute approximate surface area is 117 Å². The normalized spacial score (nSPS) is 21.1. The summed E-state index contributed by atoms with van der Waals surface area (Å²) in [5, 5.41) is 12.3. The van der Waals surface area contributed by atoms with Crippen LogP contribution in [0.4, 0.5) is 0 Å². The van der Waals surface area contributed by atoms with Crippen LogP contribution in [0.5, 0.6) is 11.5 Å². The van der Waals surface area contributed by atoms with Crippen LogP contribution in [0.15, 0.2) is 18.2 Å². The molecule has 1 saturated heterocycles. The maximum absolute atomic E-state index is 12.0. The van der Waals surface area contributed by atoms with Crippen molar-refractivity contribution in [3.05, 3.63) is 23.8 Å². The molecule has 1 aliphatic heterocycles. The van der Waals surface area contributed by atoms with Gasteiger partial charge in [-0.05, 0) is 31.0 Å². The third-order valence-electron chi connectivity index (χ3n) is 3.24. The molecule has 1 aromatic carbocycles. The first-order valence-electron chi connectivity index (χ1n) is 6.29. The molecule has 0 aromatic heterocycles. The molecular formula is C13H17NO5S. The predicted molar refractivity (Wildman–Crippen MR) is 73.8 cm³/mol. The average Bonchev–Trinajstić information content (AvgIpc) is 2.37. The van der Waals surface area contributed by atoms with Crippen LogP contribution in [0.1, 0.15) is 23.2 Å². The number of hydrogen-bond acceptors (Lipinski definition) is 5. The van der Waals surface area contributed by atoms with E-state index in [1.807, 2.05) is 0 Å².